The van der Waals surface area contributed by atoms with Gasteiger partial charge in [-0.1, -0.05) is 24.0 Å². The maximum Gasteiger partial charge on any atom is 0.242 e. The first-order chi connectivity index (χ1) is 9.63. The highest BCUT2D eigenvalue weighted by atomic mass is 32.2. The Morgan fingerprint density at radius 3 is 2.85 bits per heavy atom. The molecule has 5 nitrogen and oxygen atoms in total. The molecule has 0 aliphatic rings. The van der Waals surface area contributed by atoms with Crippen LogP contribution in [0.1, 0.15) is 10.4 Å². The highest BCUT2D eigenvalue weighted by Gasteiger charge is 2.17. The summed E-state index contributed by atoms with van der Waals surface area (Å²) < 4.78 is 27.1. The Hall–Kier alpha value is -1.72. The Kier molecular flexibility index (Phi) is 4.87. The van der Waals surface area contributed by atoms with Crippen LogP contribution < -0.4 is 10.5 Å². The molecule has 2 rings (SSSR count). The van der Waals surface area contributed by atoms with Crippen LogP contribution in [0.25, 0.3) is 0 Å². The number of hydrogen-bond donors (Lipinski definition) is 2. The van der Waals surface area contributed by atoms with Crippen molar-refractivity contribution in [1.82, 2.24) is 9.71 Å². The molecule has 0 aliphatic heterocycles. The average molecular weight is 307 g/mol. The van der Waals surface area contributed by atoms with Crippen molar-refractivity contribution in [3.8, 4) is 11.8 Å². The van der Waals surface area contributed by atoms with E-state index in [0.29, 0.717) is 5.56 Å². The molecule has 0 spiro atoms. The van der Waals surface area contributed by atoms with Crippen LogP contribution in [0.2, 0.25) is 0 Å². The zero-order chi connectivity index (χ0) is 14.4. The van der Waals surface area contributed by atoms with Gasteiger partial charge in [0.25, 0.3) is 0 Å². The van der Waals surface area contributed by atoms with Gasteiger partial charge in [-0.25, -0.2) is 13.1 Å². The molecule has 0 saturated heterocycles. The smallest absolute Gasteiger partial charge is 0.242 e. The molecule has 104 valence electrons. The SMILES string of the molecule is NCC#Cc1ccccc1S(=O)(=O)NCc1cncs1. The number of nitrogens with zero attached hydrogens (tertiary/aromatic N) is 1. The molecule has 1 aromatic heterocycles. The first kappa shape index (κ1) is 14.7. The van der Waals surface area contributed by atoms with Crippen LogP contribution in [-0.4, -0.2) is 19.9 Å². The summed E-state index contributed by atoms with van der Waals surface area (Å²) in [5, 5.41) is 0. The van der Waals surface area contributed by atoms with E-state index >= 15 is 0 Å². The predicted octanol–water partition coefficient (Wildman–Crippen LogP) is 0.932. The topological polar surface area (TPSA) is 85.1 Å². The molecule has 7 heteroatoms. The third-order valence-electron chi connectivity index (χ3n) is 2.42. The molecule has 20 heavy (non-hydrogen) atoms. The number of sulfonamides is 1. The molecule has 1 heterocycles. The maximum absolute atomic E-state index is 12.3. The van der Waals surface area contributed by atoms with Gasteiger partial charge in [0.15, 0.2) is 0 Å². The highest BCUT2D eigenvalue weighted by Crippen LogP contribution is 2.15. The number of benzene rings is 1. The van der Waals surface area contributed by atoms with Crippen molar-refractivity contribution >= 4 is 21.4 Å². The third kappa shape index (κ3) is 3.65. The molecule has 0 amide bonds. The predicted molar refractivity (Wildman–Crippen MR) is 78.5 cm³/mol. The van der Waals surface area contributed by atoms with Crippen LogP contribution in [0.3, 0.4) is 0 Å². The largest absolute Gasteiger partial charge is 0.320 e. The van der Waals surface area contributed by atoms with Gasteiger partial charge in [-0.3, -0.25) is 4.98 Å². The van der Waals surface area contributed by atoms with E-state index in [1.807, 2.05) is 0 Å². The second-order valence-electron chi connectivity index (χ2n) is 3.79. The molecule has 0 unspecified atom stereocenters. The Morgan fingerprint density at radius 2 is 2.15 bits per heavy atom. The number of rotatable bonds is 4. The average Bonchev–Trinajstić information content (AvgIpc) is 2.97. The van der Waals surface area contributed by atoms with Gasteiger partial charge < -0.3 is 5.73 Å². The molecule has 0 atom stereocenters. The summed E-state index contributed by atoms with van der Waals surface area (Å²) >= 11 is 1.39. The lowest BCUT2D eigenvalue weighted by atomic mass is 10.2. The summed E-state index contributed by atoms with van der Waals surface area (Å²) in [6, 6.07) is 6.58. The molecule has 1 aromatic carbocycles. The molecular formula is C13H13N3O2S2. The second-order valence-corrected chi connectivity index (χ2v) is 6.50. The van der Waals surface area contributed by atoms with Crippen molar-refractivity contribution in [2.75, 3.05) is 6.54 Å². The molecule has 0 bridgehead atoms. The molecule has 0 radical (unpaired) electrons. The lowest BCUT2D eigenvalue weighted by Gasteiger charge is -2.07. The standard InChI is InChI=1S/C13H13N3O2S2/c14-7-3-5-11-4-1-2-6-13(11)20(17,18)16-9-12-8-15-10-19-12/h1-2,4,6,8,10,16H,7,9,14H2. The number of hydrogen-bond acceptors (Lipinski definition) is 5. The monoisotopic (exact) mass is 307 g/mol. The van der Waals surface area contributed by atoms with E-state index in [-0.39, 0.29) is 18.0 Å². The van der Waals surface area contributed by atoms with Crippen LogP contribution in [0, 0.1) is 11.8 Å². The van der Waals surface area contributed by atoms with E-state index in [9.17, 15) is 8.42 Å². The summed E-state index contributed by atoms with van der Waals surface area (Å²) in [6.07, 6.45) is 1.63. The van der Waals surface area contributed by atoms with Crippen LogP contribution in [0.5, 0.6) is 0 Å². The zero-order valence-electron chi connectivity index (χ0n) is 10.5. The van der Waals surface area contributed by atoms with Gasteiger partial charge in [-0.15, -0.1) is 11.3 Å². The van der Waals surface area contributed by atoms with Crippen molar-refractivity contribution in [2.45, 2.75) is 11.4 Å². The van der Waals surface area contributed by atoms with Crippen molar-refractivity contribution in [3.63, 3.8) is 0 Å². The van der Waals surface area contributed by atoms with Crippen molar-refractivity contribution in [2.24, 2.45) is 5.73 Å². The summed E-state index contributed by atoms with van der Waals surface area (Å²) in [4.78, 5) is 4.91. The van der Waals surface area contributed by atoms with E-state index in [1.165, 1.54) is 17.4 Å². The molecule has 2 aromatic rings. The number of nitrogens with two attached hydrogens (primary N) is 1. The van der Waals surface area contributed by atoms with Gasteiger partial charge in [0.2, 0.25) is 10.0 Å². The fourth-order valence-corrected chi connectivity index (χ4v) is 3.32. The van der Waals surface area contributed by atoms with Gasteiger partial charge in [0.1, 0.15) is 0 Å². The van der Waals surface area contributed by atoms with Crippen molar-refractivity contribution in [3.05, 3.63) is 46.4 Å². The first-order valence-corrected chi connectivity index (χ1v) is 8.15. The van der Waals surface area contributed by atoms with E-state index in [4.69, 9.17) is 5.73 Å². The van der Waals surface area contributed by atoms with Gasteiger partial charge in [-0.05, 0) is 12.1 Å². The second kappa shape index (κ2) is 6.63. The first-order valence-electron chi connectivity index (χ1n) is 5.78. The zero-order valence-corrected chi connectivity index (χ0v) is 12.2. The Balaban J connectivity index is 2.25. The van der Waals surface area contributed by atoms with Crippen LogP contribution in [-0.2, 0) is 16.6 Å². The fraction of sp³-hybridized carbons (Fsp3) is 0.154. The van der Waals surface area contributed by atoms with Gasteiger partial charge in [0, 0.05) is 23.2 Å². The van der Waals surface area contributed by atoms with Gasteiger partial charge in [-0.2, -0.15) is 0 Å². The lowest BCUT2D eigenvalue weighted by Crippen LogP contribution is -2.23. The van der Waals surface area contributed by atoms with E-state index < -0.39 is 10.0 Å². The number of thiazole rings is 1. The summed E-state index contributed by atoms with van der Waals surface area (Å²) in [5.41, 5.74) is 7.41. The Bertz CT molecular complexity index is 728. The fourth-order valence-electron chi connectivity index (χ4n) is 1.52. The van der Waals surface area contributed by atoms with E-state index in [1.54, 1.807) is 29.9 Å². The minimum atomic E-state index is -3.61. The highest BCUT2D eigenvalue weighted by molar-refractivity contribution is 7.89. The maximum atomic E-state index is 12.3. The number of aromatic nitrogens is 1. The molecule has 0 aliphatic carbocycles. The Morgan fingerprint density at radius 1 is 1.35 bits per heavy atom. The quantitative estimate of drug-likeness (QED) is 0.823. The normalized spacial score (nSPS) is 10.8. The minimum Gasteiger partial charge on any atom is -0.320 e. The van der Waals surface area contributed by atoms with Crippen molar-refractivity contribution in [1.29, 1.82) is 0 Å². The summed E-state index contributed by atoms with van der Waals surface area (Å²) in [7, 11) is -3.61. The van der Waals surface area contributed by atoms with Gasteiger partial charge in [0.05, 0.1) is 17.0 Å². The summed E-state index contributed by atoms with van der Waals surface area (Å²) in [5.74, 6) is 5.43. The van der Waals surface area contributed by atoms with Crippen molar-refractivity contribution < 1.29 is 8.42 Å². The van der Waals surface area contributed by atoms with Crippen LogP contribution in [0.15, 0.2) is 40.9 Å². The van der Waals surface area contributed by atoms with E-state index in [0.717, 1.165) is 4.88 Å². The van der Waals surface area contributed by atoms with E-state index in [2.05, 4.69) is 21.5 Å². The lowest BCUT2D eigenvalue weighted by molar-refractivity contribution is 0.581. The Labute approximate surface area is 121 Å². The summed E-state index contributed by atoms with van der Waals surface area (Å²) in [6.45, 7) is 0.397. The molecule has 0 saturated carbocycles. The third-order valence-corrected chi connectivity index (χ3v) is 4.66. The van der Waals surface area contributed by atoms with Gasteiger partial charge >= 0.3 is 0 Å². The molecule has 3 N–H and O–H groups in total. The molecule has 0 fully saturated rings. The molecular weight excluding hydrogens is 294 g/mol. The minimum absolute atomic E-state index is 0.158. The van der Waals surface area contributed by atoms with Crippen LogP contribution >= 0.6 is 11.3 Å². The number of nitrogens with one attached hydrogen (secondary N) is 1. The van der Waals surface area contributed by atoms with Crippen LogP contribution in [0.4, 0.5) is 0 Å².